The van der Waals surface area contributed by atoms with Gasteiger partial charge >= 0.3 is 0 Å². The summed E-state index contributed by atoms with van der Waals surface area (Å²) in [6, 6.07) is 10.6. The van der Waals surface area contributed by atoms with Gasteiger partial charge < -0.3 is 5.32 Å². The van der Waals surface area contributed by atoms with Gasteiger partial charge in [0.25, 0.3) is 0 Å². The van der Waals surface area contributed by atoms with Crippen LogP contribution in [-0.2, 0) is 4.79 Å². The lowest BCUT2D eigenvalue weighted by Gasteiger charge is -2.07. The van der Waals surface area contributed by atoms with Crippen molar-refractivity contribution in [3.05, 3.63) is 65.0 Å². The number of nitrogens with one attached hydrogen (secondary N) is 1. The maximum absolute atomic E-state index is 12.9. The van der Waals surface area contributed by atoms with Crippen molar-refractivity contribution in [2.45, 2.75) is 12.8 Å². The highest BCUT2D eigenvalue weighted by atomic mass is 19.1. The number of fused-ring (bicyclic) bond motifs is 1. The van der Waals surface area contributed by atoms with Crippen molar-refractivity contribution in [1.82, 2.24) is 0 Å². The van der Waals surface area contributed by atoms with Crippen LogP contribution in [0.3, 0.4) is 0 Å². The largest absolute Gasteiger partial charge is 0.325 e. The lowest BCUT2D eigenvalue weighted by atomic mass is 9.96. The molecule has 0 aliphatic carbocycles. The SMILES string of the molecule is CC1C(=O)Nc2c(C(=O)c3ccc(F)cc3)cccc21. The summed E-state index contributed by atoms with van der Waals surface area (Å²) in [5.41, 5.74) is 2.22. The van der Waals surface area contributed by atoms with Crippen LogP contribution in [-0.4, -0.2) is 11.7 Å². The van der Waals surface area contributed by atoms with Crippen molar-refractivity contribution in [2.75, 3.05) is 5.32 Å². The number of ketones is 1. The zero-order valence-corrected chi connectivity index (χ0v) is 10.8. The first-order chi connectivity index (χ1) is 9.58. The molecule has 0 saturated carbocycles. The smallest absolute Gasteiger partial charge is 0.231 e. The number of hydrogen-bond acceptors (Lipinski definition) is 2. The number of hydrogen-bond donors (Lipinski definition) is 1. The number of carbonyl (C=O) groups is 2. The van der Waals surface area contributed by atoms with Crippen LogP contribution < -0.4 is 5.32 Å². The number of carbonyl (C=O) groups excluding carboxylic acids is 2. The van der Waals surface area contributed by atoms with E-state index in [1.165, 1.54) is 24.3 Å². The Morgan fingerprint density at radius 3 is 2.55 bits per heavy atom. The minimum atomic E-state index is -0.387. The van der Waals surface area contributed by atoms with Gasteiger partial charge in [0.15, 0.2) is 5.78 Å². The number of para-hydroxylation sites is 1. The van der Waals surface area contributed by atoms with Crippen molar-refractivity contribution >= 4 is 17.4 Å². The van der Waals surface area contributed by atoms with E-state index >= 15 is 0 Å². The van der Waals surface area contributed by atoms with Gasteiger partial charge in [0.05, 0.1) is 11.6 Å². The second-order valence-corrected chi connectivity index (χ2v) is 4.82. The van der Waals surface area contributed by atoms with Crippen molar-refractivity contribution in [1.29, 1.82) is 0 Å². The van der Waals surface area contributed by atoms with Gasteiger partial charge in [-0.15, -0.1) is 0 Å². The Bertz CT molecular complexity index is 707. The number of rotatable bonds is 2. The number of halogens is 1. The Balaban J connectivity index is 2.06. The molecule has 0 radical (unpaired) electrons. The average Bonchev–Trinajstić information content (AvgIpc) is 2.74. The lowest BCUT2D eigenvalue weighted by molar-refractivity contribution is -0.116. The minimum Gasteiger partial charge on any atom is -0.325 e. The standard InChI is InChI=1S/C16H12FNO2/c1-9-12-3-2-4-13(14(12)18-16(9)20)15(19)10-5-7-11(17)8-6-10/h2-9H,1H3,(H,18,20). The van der Waals surface area contributed by atoms with E-state index in [9.17, 15) is 14.0 Å². The zero-order chi connectivity index (χ0) is 14.3. The molecule has 4 heteroatoms. The molecule has 1 aliphatic rings. The summed E-state index contributed by atoms with van der Waals surface area (Å²) >= 11 is 0. The van der Waals surface area contributed by atoms with Gasteiger partial charge in [-0.3, -0.25) is 9.59 Å². The molecule has 1 N–H and O–H groups in total. The van der Waals surface area contributed by atoms with Gasteiger partial charge in [0.2, 0.25) is 5.91 Å². The predicted octanol–water partition coefficient (Wildman–Crippen LogP) is 3.11. The number of amides is 1. The first kappa shape index (κ1) is 12.5. The summed E-state index contributed by atoms with van der Waals surface area (Å²) < 4.78 is 12.9. The minimum absolute atomic E-state index is 0.112. The molecule has 2 aromatic carbocycles. The quantitative estimate of drug-likeness (QED) is 0.851. The third-order valence-electron chi connectivity index (χ3n) is 3.56. The molecule has 1 unspecified atom stereocenters. The summed E-state index contributed by atoms with van der Waals surface area (Å²) in [7, 11) is 0. The second-order valence-electron chi connectivity index (χ2n) is 4.82. The summed E-state index contributed by atoms with van der Waals surface area (Å²) in [6.07, 6.45) is 0. The van der Waals surface area contributed by atoms with E-state index in [1.807, 2.05) is 6.07 Å². The summed E-state index contributed by atoms with van der Waals surface area (Å²) in [5, 5.41) is 2.74. The fourth-order valence-corrected chi connectivity index (χ4v) is 2.39. The van der Waals surface area contributed by atoms with Crippen LogP contribution in [0, 0.1) is 5.82 Å². The van der Waals surface area contributed by atoms with Crippen LogP contribution in [0.5, 0.6) is 0 Å². The van der Waals surface area contributed by atoms with Gasteiger partial charge in [-0.05, 0) is 42.8 Å². The van der Waals surface area contributed by atoms with Gasteiger partial charge in [-0.25, -0.2) is 4.39 Å². The fourth-order valence-electron chi connectivity index (χ4n) is 2.39. The topological polar surface area (TPSA) is 46.2 Å². The highest BCUT2D eigenvalue weighted by molar-refractivity contribution is 6.16. The molecular weight excluding hydrogens is 257 g/mol. The Hall–Kier alpha value is -2.49. The number of benzene rings is 2. The molecule has 100 valence electrons. The van der Waals surface area contributed by atoms with Crippen LogP contribution in [0.2, 0.25) is 0 Å². The summed E-state index contributed by atoms with van der Waals surface area (Å²) in [4.78, 5) is 24.2. The third kappa shape index (κ3) is 1.90. The van der Waals surface area contributed by atoms with E-state index < -0.39 is 0 Å². The highest BCUT2D eigenvalue weighted by Crippen LogP contribution is 2.35. The van der Waals surface area contributed by atoms with Gasteiger partial charge in [0, 0.05) is 11.1 Å². The molecule has 3 nitrogen and oxygen atoms in total. The van der Waals surface area contributed by atoms with E-state index in [4.69, 9.17) is 0 Å². The summed E-state index contributed by atoms with van der Waals surface area (Å²) in [6.45, 7) is 1.80. The Kier molecular flexibility index (Phi) is 2.86. The molecule has 1 aliphatic heterocycles. The molecule has 1 heterocycles. The predicted molar refractivity (Wildman–Crippen MR) is 73.3 cm³/mol. The number of anilines is 1. The molecule has 1 atom stereocenters. The molecule has 3 rings (SSSR count). The van der Waals surface area contributed by atoms with Crippen LogP contribution in [0.1, 0.15) is 34.3 Å². The molecular formula is C16H12FNO2. The fraction of sp³-hybridized carbons (Fsp3) is 0.125. The third-order valence-corrected chi connectivity index (χ3v) is 3.56. The van der Waals surface area contributed by atoms with Gasteiger partial charge in [0.1, 0.15) is 5.82 Å². The molecule has 1 amide bonds. The first-order valence-electron chi connectivity index (χ1n) is 6.32. The van der Waals surface area contributed by atoms with Gasteiger partial charge in [-0.1, -0.05) is 12.1 Å². The molecule has 2 aromatic rings. The summed E-state index contributed by atoms with van der Waals surface area (Å²) in [5.74, 6) is -0.983. The van der Waals surface area contributed by atoms with Crippen LogP contribution in [0.15, 0.2) is 42.5 Å². The average molecular weight is 269 g/mol. The monoisotopic (exact) mass is 269 g/mol. The van der Waals surface area contributed by atoms with E-state index in [0.29, 0.717) is 16.8 Å². The Labute approximate surface area is 115 Å². The molecule has 20 heavy (non-hydrogen) atoms. The van der Waals surface area contributed by atoms with E-state index in [2.05, 4.69) is 5.32 Å². The molecule has 0 spiro atoms. The molecule has 0 fully saturated rings. The second kappa shape index (κ2) is 4.56. The highest BCUT2D eigenvalue weighted by Gasteiger charge is 2.30. The van der Waals surface area contributed by atoms with Crippen molar-refractivity contribution < 1.29 is 14.0 Å². The Morgan fingerprint density at radius 1 is 1.15 bits per heavy atom. The van der Waals surface area contributed by atoms with Crippen molar-refractivity contribution in [2.24, 2.45) is 0 Å². The van der Waals surface area contributed by atoms with Crippen molar-refractivity contribution in [3.8, 4) is 0 Å². The van der Waals surface area contributed by atoms with E-state index in [1.54, 1.807) is 19.1 Å². The molecule has 0 saturated heterocycles. The maximum atomic E-state index is 12.9. The Morgan fingerprint density at radius 2 is 1.85 bits per heavy atom. The van der Waals surface area contributed by atoms with E-state index in [-0.39, 0.29) is 23.4 Å². The maximum Gasteiger partial charge on any atom is 0.231 e. The van der Waals surface area contributed by atoms with Crippen molar-refractivity contribution in [3.63, 3.8) is 0 Å². The van der Waals surface area contributed by atoms with Gasteiger partial charge in [-0.2, -0.15) is 0 Å². The normalized spacial score (nSPS) is 16.7. The van der Waals surface area contributed by atoms with Crippen LogP contribution in [0.4, 0.5) is 10.1 Å². The lowest BCUT2D eigenvalue weighted by Crippen LogP contribution is -2.10. The first-order valence-corrected chi connectivity index (χ1v) is 6.32. The zero-order valence-electron chi connectivity index (χ0n) is 10.8. The molecule has 0 bridgehead atoms. The van der Waals surface area contributed by atoms with E-state index in [0.717, 1.165) is 5.56 Å². The van der Waals surface area contributed by atoms with Crippen LogP contribution in [0.25, 0.3) is 0 Å². The van der Waals surface area contributed by atoms with Crippen LogP contribution >= 0.6 is 0 Å². The molecule has 0 aromatic heterocycles.